The van der Waals surface area contributed by atoms with Crippen LogP contribution in [0.15, 0.2) is 0 Å². The fraction of sp³-hybridized carbons (Fsp3) is 1.00. The molecular formula is C65H150O23Si18. The van der Waals surface area contributed by atoms with E-state index in [-0.39, 0.29) is 88.9 Å². The summed E-state index contributed by atoms with van der Waals surface area (Å²) in [6.45, 7) is 75.5. The first-order valence-electron chi connectivity index (χ1n) is 41.1. The van der Waals surface area contributed by atoms with Gasteiger partial charge in [-0.25, -0.2) is 0 Å². The van der Waals surface area contributed by atoms with E-state index in [1.807, 2.05) is 0 Å². The van der Waals surface area contributed by atoms with Crippen molar-refractivity contribution in [3.63, 3.8) is 0 Å². The minimum Gasteiger partial charge on any atom is -0.416 e. The highest BCUT2D eigenvalue weighted by atomic mass is 28.6. The maximum atomic E-state index is 8.67. The Hall–Kier alpha value is 2.98. The van der Waals surface area contributed by atoms with Crippen LogP contribution < -0.4 is 0 Å². The van der Waals surface area contributed by atoms with E-state index >= 15 is 0 Å². The van der Waals surface area contributed by atoms with Gasteiger partial charge in [0.1, 0.15) is 0 Å². The SMILES string of the molecule is CC(C)C[Si]12C[Si]3(CC(C)C)O[Si](CC(C)C)(O[Si](CC(C)C)(O[Si](C)C)O1)O[Si](CC(C)C)(O[Si](C)(C)CC[Si]14O[Si]5(CC(C)C)O[Si]6(CC(C)C)O[Si](CC(C)C)(O1)O[Si]1(CC(C)C)O[Si](CC(C)C)(O4)O[Si](CC(C)C)(O5)O[Si](CC(C)C)(O6)O1)O[Si](CC(C)C)(O3)O[Si](CC(C)C)(O[Si](C)C)O2. The molecule has 0 aliphatic carbocycles. The highest BCUT2D eigenvalue weighted by molar-refractivity contribution is 7.06. The van der Waals surface area contributed by atoms with Gasteiger partial charge >= 0.3 is 132 Å². The van der Waals surface area contributed by atoms with Crippen LogP contribution in [0.3, 0.4) is 0 Å². The molecule has 9 heterocycles. The lowest BCUT2D eigenvalue weighted by Crippen LogP contribution is -2.88. The number of hydrogen-bond acceptors (Lipinski definition) is 23. The summed E-state index contributed by atoms with van der Waals surface area (Å²) in [6, 6.07) is 6.93. The Bertz CT molecular complexity index is 2620. The van der Waals surface area contributed by atoms with Gasteiger partial charge in [-0.3, -0.25) is 0 Å². The molecule has 9 saturated heterocycles. The average molecular weight is 1810 g/mol. The molecule has 23 nitrogen and oxygen atoms in total. The fourth-order valence-electron chi connectivity index (χ4n) is 17.1. The van der Waals surface area contributed by atoms with E-state index in [0.717, 1.165) is 0 Å². The zero-order chi connectivity index (χ0) is 79.5. The lowest BCUT2D eigenvalue weighted by Gasteiger charge is -2.64. The minimum atomic E-state index is -4.54. The van der Waals surface area contributed by atoms with Crippen molar-refractivity contribution in [2.45, 2.75) is 336 Å². The quantitative estimate of drug-likeness (QED) is 0.0529. The van der Waals surface area contributed by atoms with Crippen LogP contribution >= 0.6 is 0 Å². The molecule has 12 bridgehead atoms. The van der Waals surface area contributed by atoms with Crippen molar-refractivity contribution in [2.24, 2.45) is 82.9 Å². The second kappa shape index (κ2) is 35.3. The van der Waals surface area contributed by atoms with Crippen LogP contribution in [0.25, 0.3) is 0 Å². The Morgan fingerprint density at radius 2 is 0.425 bits per heavy atom. The molecule has 620 valence electrons. The first-order valence-corrected chi connectivity index (χ1v) is 78.6. The molecule has 0 aromatic heterocycles. The second-order valence-electron chi connectivity index (χ2n) is 39.7. The monoisotopic (exact) mass is 1800 g/mol. The third kappa shape index (κ3) is 24.4. The lowest BCUT2D eigenvalue weighted by atomic mass is 10.3. The molecule has 9 aliphatic rings. The molecule has 0 amide bonds. The Kier molecular flexibility index (Phi) is 31.5. The van der Waals surface area contributed by atoms with E-state index in [0.29, 0.717) is 96.3 Å². The standard InChI is InChI=1S/C65H150O23Si18/c1-52(2)37-92-51-93(38-53(3)4)71-98(42-57(11)12,76-95(69-92,39-54(5)6)66-89(29)30)78-97(41-56(9)10,79-99(72-93,43-58(13)14)77-96(70-92,40-55(7)8)67-90(31)32)68-91(33,34)35-36-94-73-100(44-59(15)16)80-103(47-62(21)22)82-101(74-94,45-60(17)18)84-105(49-64(25)26)85-102(75-94,46-61(19)20)83-104(81-100,48-63(23)24)87-106(86-103,88-105)50-65(27)28/h52-65H,35-51H2,1-34H3. The summed E-state index contributed by atoms with van der Waals surface area (Å²) in [6.07, 6.45) is 0. The molecule has 0 aromatic rings. The molecule has 9 fully saturated rings. The molecule has 0 saturated carbocycles. The van der Waals surface area contributed by atoms with E-state index in [4.69, 9.17) is 94.6 Å². The molecule has 0 spiro atoms. The first kappa shape index (κ1) is 94.5. The number of fused-ring (bicyclic) bond motifs is 3. The van der Waals surface area contributed by atoms with Gasteiger partial charge in [-0.05, 0) is 140 Å². The molecular weight excluding hydrogens is 1650 g/mol. The van der Waals surface area contributed by atoms with Crippen LogP contribution in [0, 0.1) is 82.9 Å². The van der Waals surface area contributed by atoms with Crippen molar-refractivity contribution >= 4 is 158 Å². The molecule has 41 heteroatoms. The van der Waals surface area contributed by atoms with Gasteiger partial charge in [0.2, 0.25) is 0 Å². The van der Waals surface area contributed by atoms with Crippen LogP contribution in [-0.2, 0) is 94.6 Å². The molecule has 106 heavy (non-hydrogen) atoms. The van der Waals surface area contributed by atoms with Crippen molar-refractivity contribution in [1.82, 2.24) is 0 Å². The summed E-state index contributed by atoms with van der Waals surface area (Å²) >= 11 is 0. The molecule has 0 N–H and O–H groups in total. The summed E-state index contributed by atoms with van der Waals surface area (Å²) in [5.74, 6) is 0.549. The van der Waals surface area contributed by atoms with E-state index in [1.54, 1.807) is 0 Å². The predicted octanol–water partition coefficient (Wildman–Crippen LogP) is 19.0. The largest absolute Gasteiger partial charge is 0.479 e. The summed E-state index contributed by atoms with van der Waals surface area (Å²) in [4.78, 5) is 0. The van der Waals surface area contributed by atoms with Crippen molar-refractivity contribution < 1.29 is 94.6 Å². The zero-order valence-corrected chi connectivity index (χ0v) is 90.5. The highest BCUT2D eigenvalue weighted by Crippen LogP contribution is 2.59. The third-order valence-electron chi connectivity index (χ3n) is 18.4. The van der Waals surface area contributed by atoms with Crippen LogP contribution in [0.5, 0.6) is 0 Å². The van der Waals surface area contributed by atoms with Gasteiger partial charge in [-0.15, -0.1) is 0 Å². The summed E-state index contributed by atoms with van der Waals surface area (Å²) in [7, 11) is -69.2. The zero-order valence-electron chi connectivity index (χ0n) is 72.5. The van der Waals surface area contributed by atoms with Gasteiger partial charge in [0.05, 0.1) is 0 Å². The van der Waals surface area contributed by atoms with Gasteiger partial charge in [0.15, 0.2) is 26.4 Å². The Labute approximate surface area is 665 Å². The van der Waals surface area contributed by atoms with Gasteiger partial charge < -0.3 is 94.6 Å². The predicted molar refractivity (Wildman–Crippen MR) is 453 cm³/mol. The molecule has 9 rings (SSSR count). The Morgan fingerprint density at radius 1 is 0.236 bits per heavy atom. The fourth-order valence-corrected chi connectivity index (χ4v) is 128. The van der Waals surface area contributed by atoms with Crippen LogP contribution in [0.4, 0.5) is 0 Å². The maximum Gasteiger partial charge on any atom is 0.479 e. The Balaban J connectivity index is 1.46. The summed E-state index contributed by atoms with van der Waals surface area (Å²) < 4.78 is 191. The van der Waals surface area contributed by atoms with Gasteiger partial charge in [0.25, 0.3) is 0 Å². The van der Waals surface area contributed by atoms with Crippen molar-refractivity contribution in [3.8, 4) is 0 Å². The normalized spacial score (nSPS) is 39.6. The third-order valence-corrected chi connectivity index (χ3v) is 104. The first-order chi connectivity index (χ1) is 48.4. The van der Waals surface area contributed by atoms with E-state index < -0.39 is 158 Å². The topological polar surface area (TPSA) is 212 Å². The van der Waals surface area contributed by atoms with Crippen molar-refractivity contribution in [3.05, 3.63) is 0 Å². The number of hydrogen-bond donors (Lipinski definition) is 0. The molecule has 0 aromatic carbocycles. The van der Waals surface area contributed by atoms with Gasteiger partial charge in [0, 0.05) is 84.2 Å². The smallest absolute Gasteiger partial charge is 0.416 e. The van der Waals surface area contributed by atoms with Crippen LogP contribution in [-0.4, -0.2) is 158 Å². The van der Waals surface area contributed by atoms with Crippen molar-refractivity contribution in [2.75, 3.05) is 0 Å². The van der Waals surface area contributed by atoms with Gasteiger partial charge in [-0.2, -0.15) is 0 Å². The molecule has 9 aliphatic heterocycles. The van der Waals surface area contributed by atoms with E-state index in [9.17, 15) is 0 Å². The van der Waals surface area contributed by atoms with Gasteiger partial charge in [-0.1, -0.05) is 194 Å². The van der Waals surface area contributed by atoms with E-state index in [2.05, 4.69) is 233 Å². The molecule has 2 radical (unpaired) electrons. The van der Waals surface area contributed by atoms with E-state index in [1.165, 1.54) is 0 Å². The second-order valence-corrected chi connectivity index (χ2v) is 95.1. The minimum absolute atomic E-state index is 0.0151. The highest BCUT2D eigenvalue weighted by Gasteiger charge is 2.85. The summed E-state index contributed by atoms with van der Waals surface area (Å²) in [5.41, 5.74) is 0.465. The maximum absolute atomic E-state index is 8.67. The number of rotatable bonds is 37. The average Bonchev–Trinajstić information content (AvgIpc) is 0.682. The van der Waals surface area contributed by atoms with Crippen molar-refractivity contribution in [1.29, 1.82) is 0 Å². The lowest BCUT2D eigenvalue weighted by molar-refractivity contribution is -0.0343. The molecule has 4 atom stereocenters. The van der Waals surface area contributed by atoms with Crippen LogP contribution in [0.1, 0.15) is 194 Å². The van der Waals surface area contributed by atoms with Crippen LogP contribution in [0.2, 0.25) is 142 Å². The molecule has 4 unspecified atom stereocenters. The summed E-state index contributed by atoms with van der Waals surface area (Å²) in [5, 5.41) is 0. The Morgan fingerprint density at radius 3 is 0.642 bits per heavy atom.